The summed E-state index contributed by atoms with van der Waals surface area (Å²) >= 11 is 0. The third-order valence-electron chi connectivity index (χ3n) is 3.03. The molecular weight excluding hydrogens is 202 g/mol. The highest BCUT2D eigenvalue weighted by molar-refractivity contribution is 5.26. The van der Waals surface area contributed by atoms with Gasteiger partial charge in [0.05, 0.1) is 6.20 Å². The van der Waals surface area contributed by atoms with Crippen molar-refractivity contribution >= 4 is 0 Å². The molecule has 1 aliphatic carbocycles. The van der Waals surface area contributed by atoms with Crippen molar-refractivity contribution in [2.75, 3.05) is 6.54 Å². The zero-order chi connectivity index (χ0) is 11.4. The van der Waals surface area contributed by atoms with E-state index in [9.17, 15) is 0 Å². The van der Waals surface area contributed by atoms with Crippen molar-refractivity contribution in [2.24, 2.45) is 11.7 Å². The second-order valence-electron chi connectivity index (χ2n) is 4.07. The summed E-state index contributed by atoms with van der Waals surface area (Å²) in [5, 5.41) is 8.62. The topological polar surface area (TPSA) is 71.9 Å². The van der Waals surface area contributed by atoms with Gasteiger partial charge >= 0.3 is 0 Å². The summed E-state index contributed by atoms with van der Waals surface area (Å²) in [5.74, 6) is 1.18. The largest absolute Gasteiger partial charge is 0.488 e. The first-order chi connectivity index (χ1) is 7.83. The van der Waals surface area contributed by atoms with Crippen LogP contribution < -0.4 is 10.5 Å². The Balaban J connectivity index is 2.00. The summed E-state index contributed by atoms with van der Waals surface area (Å²) in [5.41, 5.74) is 6.10. The van der Waals surface area contributed by atoms with Crippen LogP contribution in [0, 0.1) is 17.2 Å². The van der Waals surface area contributed by atoms with Crippen LogP contribution in [0.4, 0.5) is 0 Å². The summed E-state index contributed by atoms with van der Waals surface area (Å²) in [6.45, 7) is 0.675. The molecule has 2 unspecified atom stereocenters. The number of rotatable bonds is 3. The van der Waals surface area contributed by atoms with Crippen LogP contribution in [0.3, 0.4) is 0 Å². The zero-order valence-corrected chi connectivity index (χ0v) is 9.10. The molecule has 1 aromatic heterocycles. The fourth-order valence-corrected chi connectivity index (χ4v) is 2.12. The lowest BCUT2D eigenvalue weighted by Crippen LogP contribution is -2.27. The van der Waals surface area contributed by atoms with Crippen LogP contribution in [0.2, 0.25) is 0 Å². The van der Waals surface area contributed by atoms with Crippen molar-refractivity contribution in [3.8, 4) is 11.8 Å². The molecule has 0 spiro atoms. The summed E-state index contributed by atoms with van der Waals surface area (Å²) in [6.07, 6.45) is 5.19. The van der Waals surface area contributed by atoms with E-state index in [2.05, 4.69) is 4.98 Å². The summed E-state index contributed by atoms with van der Waals surface area (Å²) < 4.78 is 5.83. The summed E-state index contributed by atoms with van der Waals surface area (Å²) in [7, 11) is 0. The molecule has 2 N–H and O–H groups in total. The van der Waals surface area contributed by atoms with Crippen molar-refractivity contribution in [3.63, 3.8) is 0 Å². The lowest BCUT2D eigenvalue weighted by molar-refractivity contribution is 0.162. The minimum Gasteiger partial charge on any atom is -0.488 e. The molecule has 1 aromatic rings. The Morgan fingerprint density at radius 3 is 3.00 bits per heavy atom. The standard InChI is InChI=1S/C12H15N3O/c13-6-9-2-1-3-12(9)16-11-5-4-10(7-14)15-8-11/h4-5,8-9,12H,1-3,6,13H2. The number of pyridine rings is 1. The quantitative estimate of drug-likeness (QED) is 0.832. The van der Waals surface area contributed by atoms with Gasteiger partial charge in [0.15, 0.2) is 0 Å². The van der Waals surface area contributed by atoms with E-state index in [0.717, 1.165) is 18.6 Å². The maximum absolute atomic E-state index is 8.62. The molecule has 0 bridgehead atoms. The SMILES string of the molecule is N#Cc1ccc(OC2CCCC2CN)cn1. The molecule has 2 rings (SSSR count). The van der Waals surface area contributed by atoms with E-state index in [1.807, 2.05) is 6.07 Å². The van der Waals surface area contributed by atoms with Gasteiger partial charge in [-0.15, -0.1) is 0 Å². The molecule has 0 aromatic carbocycles. The summed E-state index contributed by atoms with van der Waals surface area (Å²) in [6, 6.07) is 5.44. The molecule has 1 saturated carbocycles. The molecule has 4 nitrogen and oxygen atoms in total. The maximum Gasteiger partial charge on any atom is 0.140 e. The van der Waals surface area contributed by atoms with Crippen LogP contribution in [-0.2, 0) is 0 Å². The average molecular weight is 217 g/mol. The maximum atomic E-state index is 8.62. The smallest absolute Gasteiger partial charge is 0.140 e. The van der Waals surface area contributed by atoms with E-state index in [1.165, 1.54) is 6.42 Å². The van der Waals surface area contributed by atoms with E-state index >= 15 is 0 Å². The summed E-state index contributed by atoms with van der Waals surface area (Å²) in [4.78, 5) is 3.97. The van der Waals surface area contributed by atoms with E-state index in [4.69, 9.17) is 15.7 Å². The van der Waals surface area contributed by atoms with E-state index in [-0.39, 0.29) is 6.10 Å². The molecule has 0 amide bonds. The predicted molar refractivity (Wildman–Crippen MR) is 59.8 cm³/mol. The van der Waals surface area contributed by atoms with Crippen molar-refractivity contribution in [1.82, 2.24) is 4.98 Å². The van der Waals surface area contributed by atoms with Crippen molar-refractivity contribution in [3.05, 3.63) is 24.0 Å². The van der Waals surface area contributed by atoms with Crippen molar-refractivity contribution in [2.45, 2.75) is 25.4 Å². The number of nitriles is 1. The van der Waals surface area contributed by atoms with E-state index in [1.54, 1.807) is 18.3 Å². The van der Waals surface area contributed by atoms with Gasteiger partial charge in [-0.3, -0.25) is 0 Å². The fraction of sp³-hybridized carbons (Fsp3) is 0.500. The zero-order valence-electron chi connectivity index (χ0n) is 9.10. The number of hydrogen-bond donors (Lipinski definition) is 1. The van der Waals surface area contributed by atoms with Crippen molar-refractivity contribution < 1.29 is 4.74 Å². The number of nitrogens with two attached hydrogens (primary N) is 1. The second kappa shape index (κ2) is 4.95. The predicted octanol–water partition coefficient (Wildman–Crippen LogP) is 1.46. The van der Waals surface area contributed by atoms with Crippen molar-refractivity contribution in [1.29, 1.82) is 5.26 Å². The van der Waals surface area contributed by atoms with Crippen LogP contribution in [0.25, 0.3) is 0 Å². The number of nitrogens with zero attached hydrogens (tertiary/aromatic N) is 2. The number of hydrogen-bond acceptors (Lipinski definition) is 4. The van der Waals surface area contributed by atoms with Gasteiger partial charge in [-0.2, -0.15) is 5.26 Å². The molecule has 16 heavy (non-hydrogen) atoms. The van der Waals surface area contributed by atoms with Gasteiger partial charge in [0.2, 0.25) is 0 Å². The molecule has 0 saturated heterocycles. The van der Waals surface area contributed by atoms with Gasteiger partial charge in [0, 0.05) is 5.92 Å². The Labute approximate surface area is 95.0 Å². The van der Waals surface area contributed by atoms with Gasteiger partial charge < -0.3 is 10.5 Å². The highest BCUT2D eigenvalue weighted by Crippen LogP contribution is 2.28. The molecule has 0 radical (unpaired) electrons. The van der Waals surface area contributed by atoms with E-state index in [0.29, 0.717) is 18.2 Å². The van der Waals surface area contributed by atoms with E-state index < -0.39 is 0 Å². The average Bonchev–Trinajstić information content (AvgIpc) is 2.77. The van der Waals surface area contributed by atoms with Crippen LogP contribution >= 0.6 is 0 Å². The minimum atomic E-state index is 0.208. The molecule has 84 valence electrons. The van der Waals surface area contributed by atoms with Crippen LogP contribution in [0.1, 0.15) is 25.0 Å². The Morgan fingerprint density at radius 2 is 2.38 bits per heavy atom. The molecule has 1 heterocycles. The molecule has 2 atom stereocenters. The number of ether oxygens (including phenoxy) is 1. The molecule has 1 aliphatic rings. The Morgan fingerprint density at radius 1 is 1.50 bits per heavy atom. The van der Waals surface area contributed by atoms with Gasteiger partial charge in [-0.05, 0) is 37.9 Å². The first kappa shape index (κ1) is 10.9. The Kier molecular flexibility index (Phi) is 3.37. The van der Waals surface area contributed by atoms with Gasteiger partial charge in [0.1, 0.15) is 23.6 Å². The Bertz CT molecular complexity index is 382. The molecule has 1 fully saturated rings. The molecule has 0 aliphatic heterocycles. The first-order valence-electron chi connectivity index (χ1n) is 5.56. The first-order valence-corrected chi connectivity index (χ1v) is 5.56. The lowest BCUT2D eigenvalue weighted by Gasteiger charge is -2.19. The second-order valence-corrected chi connectivity index (χ2v) is 4.07. The monoisotopic (exact) mass is 217 g/mol. The fourth-order valence-electron chi connectivity index (χ4n) is 2.12. The highest BCUT2D eigenvalue weighted by atomic mass is 16.5. The third-order valence-corrected chi connectivity index (χ3v) is 3.03. The lowest BCUT2D eigenvalue weighted by atomic mass is 10.1. The Hall–Kier alpha value is -1.60. The van der Waals surface area contributed by atoms with Crippen LogP contribution in [-0.4, -0.2) is 17.6 Å². The van der Waals surface area contributed by atoms with Gasteiger partial charge in [0.25, 0.3) is 0 Å². The van der Waals surface area contributed by atoms with Crippen LogP contribution in [0.15, 0.2) is 18.3 Å². The normalized spacial score (nSPS) is 24.0. The van der Waals surface area contributed by atoms with Crippen LogP contribution in [0.5, 0.6) is 5.75 Å². The minimum absolute atomic E-state index is 0.208. The number of aromatic nitrogens is 1. The highest BCUT2D eigenvalue weighted by Gasteiger charge is 2.27. The van der Waals surface area contributed by atoms with Gasteiger partial charge in [-0.25, -0.2) is 4.98 Å². The van der Waals surface area contributed by atoms with Gasteiger partial charge in [-0.1, -0.05) is 0 Å². The third kappa shape index (κ3) is 2.31. The molecule has 4 heteroatoms. The molecular formula is C12H15N3O.